The lowest BCUT2D eigenvalue weighted by molar-refractivity contribution is 1.07. The smallest absolute Gasteiger partial charge is 0.182 e. The van der Waals surface area contributed by atoms with Crippen LogP contribution in [0.2, 0.25) is 0 Å². The third-order valence-electron chi connectivity index (χ3n) is 3.11. The van der Waals surface area contributed by atoms with Gasteiger partial charge in [-0.3, -0.25) is 4.99 Å². The van der Waals surface area contributed by atoms with Crippen molar-refractivity contribution < 1.29 is 0 Å². The SMILES string of the molecule is C=C(C)/C(=C\C=C/C)NC(CNc1ncnc2nc[nH]c12)=NC.CC. The highest BCUT2D eigenvalue weighted by molar-refractivity contribution is 5.90. The minimum absolute atomic E-state index is 0.488. The van der Waals surface area contributed by atoms with Gasteiger partial charge >= 0.3 is 0 Å². The largest absolute Gasteiger partial charge is 0.361 e. The Morgan fingerprint density at radius 2 is 2.08 bits per heavy atom. The van der Waals surface area contributed by atoms with Gasteiger partial charge < -0.3 is 15.6 Å². The van der Waals surface area contributed by atoms with Crippen LogP contribution in [0.1, 0.15) is 27.7 Å². The lowest BCUT2D eigenvalue weighted by Gasteiger charge is -2.14. The molecule has 25 heavy (non-hydrogen) atoms. The lowest BCUT2D eigenvalue weighted by atomic mass is 10.2. The molecule has 0 radical (unpaired) electrons. The summed E-state index contributed by atoms with van der Waals surface area (Å²) in [6.45, 7) is 12.4. The van der Waals surface area contributed by atoms with Crippen molar-refractivity contribution in [1.29, 1.82) is 0 Å². The summed E-state index contributed by atoms with van der Waals surface area (Å²) in [5.74, 6) is 1.46. The fourth-order valence-corrected chi connectivity index (χ4v) is 1.88. The molecule has 134 valence electrons. The van der Waals surface area contributed by atoms with E-state index in [1.165, 1.54) is 6.33 Å². The Balaban J connectivity index is 0.00000151. The number of aromatic nitrogens is 4. The molecule has 0 aliphatic heterocycles. The van der Waals surface area contributed by atoms with Gasteiger partial charge in [-0.05, 0) is 25.5 Å². The average molecular weight is 341 g/mol. The van der Waals surface area contributed by atoms with Crippen LogP contribution in [-0.2, 0) is 0 Å². The van der Waals surface area contributed by atoms with Crippen molar-refractivity contribution in [2.45, 2.75) is 27.7 Å². The Morgan fingerprint density at radius 1 is 1.32 bits per heavy atom. The Kier molecular flexibility index (Phi) is 8.63. The molecule has 7 nitrogen and oxygen atoms in total. The highest BCUT2D eigenvalue weighted by Gasteiger charge is 2.07. The number of aromatic amines is 1. The molecule has 0 aliphatic rings. The number of rotatable bonds is 6. The normalized spacial score (nSPS) is 12.0. The number of nitrogens with one attached hydrogen (secondary N) is 3. The number of H-pyrrole nitrogens is 1. The van der Waals surface area contributed by atoms with E-state index in [0.717, 1.165) is 22.6 Å². The highest BCUT2D eigenvalue weighted by Crippen LogP contribution is 2.13. The molecule has 7 heteroatoms. The third kappa shape index (κ3) is 5.87. The van der Waals surface area contributed by atoms with E-state index in [9.17, 15) is 0 Å². The van der Waals surface area contributed by atoms with Crippen molar-refractivity contribution in [1.82, 2.24) is 25.3 Å². The number of imidazole rings is 1. The fraction of sp³-hybridized carbons (Fsp3) is 0.333. The van der Waals surface area contributed by atoms with E-state index in [-0.39, 0.29) is 0 Å². The van der Waals surface area contributed by atoms with E-state index in [0.29, 0.717) is 18.0 Å². The number of anilines is 1. The van der Waals surface area contributed by atoms with E-state index < -0.39 is 0 Å². The van der Waals surface area contributed by atoms with Crippen LogP contribution in [0.15, 0.2) is 53.7 Å². The van der Waals surface area contributed by atoms with Crippen LogP contribution in [0, 0.1) is 0 Å². The number of hydrogen-bond donors (Lipinski definition) is 3. The van der Waals surface area contributed by atoms with E-state index in [1.54, 1.807) is 13.4 Å². The number of allylic oxidation sites excluding steroid dienone is 4. The van der Waals surface area contributed by atoms with Crippen molar-refractivity contribution in [3.8, 4) is 0 Å². The molecule has 0 amide bonds. The van der Waals surface area contributed by atoms with Gasteiger partial charge in [-0.2, -0.15) is 0 Å². The molecule has 0 saturated carbocycles. The summed E-state index contributed by atoms with van der Waals surface area (Å²) < 4.78 is 0. The number of aliphatic imine (C=N–C) groups is 1. The van der Waals surface area contributed by atoms with Gasteiger partial charge in [0.05, 0.1) is 12.9 Å². The van der Waals surface area contributed by atoms with Gasteiger partial charge in [-0.1, -0.05) is 32.6 Å². The third-order valence-corrected chi connectivity index (χ3v) is 3.11. The summed E-state index contributed by atoms with van der Waals surface area (Å²) in [5.41, 5.74) is 3.25. The molecular weight excluding hydrogens is 314 g/mol. The Morgan fingerprint density at radius 3 is 2.72 bits per heavy atom. The summed E-state index contributed by atoms with van der Waals surface area (Å²) in [5, 5.41) is 6.51. The van der Waals surface area contributed by atoms with Crippen LogP contribution in [0.5, 0.6) is 0 Å². The van der Waals surface area contributed by atoms with Crippen LogP contribution < -0.4 is 10.6 Å². The summed E-state index contributed by atoms with van der Waals surface area (Å²) in [7, 11) is 1.74. The standard InChI is InChI=1S/C16H21N7.C2H6/c1-5-6-7-12(11(2)3)23-13(17-4)8-18-15-14-16(20-9-19-14)22-10-21-15;1-2/h5-7,9-10H,2,8H2,1,3-4H3,(H,17,23)(H2,18,19,20,21,22);1-2H3/b6-5-,12-7+;. The van der Waals surface area contributed by atoms with Crippen molar-refractivity contribution in [3.63, 3.8) is 0 Å². The van der Waals surface area contributed by atoms with Gasteiger partial charge in [0.2, 0.25) is 0 Å². The first kappa shape index (κ1) is 20.1. The second-order valence-electron chi connectivity index (χ2n) is 4.86. The second-order valence-corrected chi connectivity index (χ2v) is 4.86. The van der Waals surface area contributed by atoms with Crippen molar-refractivity contribution in [3.05, 3.63) is 48.7 Å². The minimum Gasteiger partial charge on any atom is -0.361 e. The molecule has 2 rings (SSSR count). The Bertz CT molecular complexity index is 769. The highest BCUT2D eigenvalue weighted by atomic mass is 15.1. The quantitative estimate of drug-likeness (QED) is 0.425. The van der Waals surface area contributed by atoms with E-state index >= 15 is 0 Å². The maximum Gasteiger partial charge on any atom is 0.182 e. The molecular formula is C18H27N7. The number of nitrogens with zero attached hydrogens (tertiary/aromatic N) is 4. The molecule has 0 aromatic carbocycles. The topological polar surface area (TPSA) is 90.9 Å². The minimum atomic E-state index is 0.488. The maximum atomic E-state index is 4.27. The van der Waals surface area contributed by atoms with Gasteiger partial charge in [0.25, 0.3) is 0 Å². The van der Waals surface area contributed by atoms with Crippen LogP contribution in [-0.4, -0.2) is 39.4 Å². The first-order valence-corrected chi connectivity index (χ1v) is 8.25. The zero-order chi connectivity index (χ0) is 18.7. The van der Waals surface area contributed by atoms with E-state index in [2.05, 4.69) is 42.1 Å². The fourth-order valence-electron chi connectivity index (χ4n) is 1.88. The molecule has 2 heterocycles. The van der Waals surface area contributed by atoms with Gasteiger partial charge in [-0.25, -0.2) is 15.0 Å². The first-order chi connectivity index (χ1) is 12.2. The summed E-state index contributed by atoms with van der Waals surface area (Å²) in [4.78, 5) is 19.7. The molecule has 0 unspecified atom stereocenters. The zero-order valence-electron chi connectivity index (χ0n) is 15.6. The maximum absolute atomic E-state index is 4.27. The van der Waals surface area contributed by atoms with E-state index in [4.69, 9.17) is 0 Å². The molecule has 0 aliphatic carbocycles. The number of fused-ring (bicyclic) bond motifs is 1. The van der Waals surface area contributed by atoms with Gasteiger partial charge in [0.15, 0.2) is 11.5 Å². The molecule has 0 saturated heterocycles. The second kappa shape index (κ2) is 10.7. The van der Waals surface area contributed by atoms with Crippen LogP contribution in [0.3, 0.4) is 0 Å². The number of hydrogen-bond acceptors (Lipinski definition) is 5. The monoisotopic (exact) mass is 341 g/mol. The zero-order valence-corrected chi connectivity index (χ0v) is 15.6. The summed E-state index contributed by atoms with van der Waals surface area (Å²) in [6, 6.07) is 0. The van der Waals surface area contributed by atoms with Crippen molar-refractivity contribution in [2.75, 3.05) is 18.9 Å². The van der Waals surface area contributed by atoms with Gasteiger partial charge in [-0.15, -0.1) is 0 Å². The van der Waals surface area contributed by atoms with E-state index in [1.807, 2.05) is 45.9 Å². The van der Waals surface area contributed by atoms with Crippen LogP contribution in [0.4, 0.5) is 5.82 Å². The van der Waals surface area contributed by atoms with Crippen LogP contribution in [0.25, 0.3) is 11.2 Å². The molecule has 0 fully saturated rings. The lowest BCUT2D eigenvalue weighted by Crippen LogP contribution is -2.30. The average Bonchev–Trinajstić information content (AvgIpc) is 3.12. The molecule has 0 bridgehead atoms. The summed E-state index contributed by atoms with van der Waals surface area (Å²) in [6.07, 6.45) is 8.95. The molecule has 2 aromatic rings. The van der Waals surface area contributed by atoms with Crippen LogP contribution >= 0.6 is 0 Å². The molecule has 0 spiro atoms. The molecule has 3 N–H and O–H groups in total. The molecule has 2 aromatic heterocycles. The van der Waals surface area contributed by atoms with Gasteiger partial charge in [0.1, 0.15) is 17.7 Å². The predicted octanol–water partition coefficient (Wildman–Crippen LogP) is 3.45. The summed E-state index contributed by atoms with van der Waals surface area (Å²) >= 11 is 0. The van der Waals surface area contributed by atoms with Gasteiger partial charge in [0, 0.05) is 12.7 Å². The first-order valence-electron chi connectivity index (χ1n) is 8.25. The van der Waals surface area contributed by atoms with Crippen molar-refractivity contribution >= 4 is 22.8 Å². The Labute approximate surface area is 149 Å². The van der Waals surface area contributed by atoms with Crippen molar-refractivity contribution in [2.24, 2.45) is 4.99 Å². The Hall–Kier alpha value is -2.96. The molecule has 0 atom stereocenters. The predicted molar refractivity (Wildman–Crippen MR) is 106 cm³/mol. The number of amidine groups is 1.